The van der Waals surface area contributed by atoms with E-state index < -0.39 is 0 Å². The number of hydrogen-bond acceptors (Lipinski definition) is 4. The van der Waals surface area contributed by atoms with Crippen molar-refractivity contribution in [1.29, 1.82) is 0 Å². The number of benzene rings is 2. The van der Waals surface area contributed by atoms with Gasteiger partial charge in [-0.1, -0.05) is 58.0 Å². The van der Waals surface area contributed by atoms with E-state index in [0.717, 1.165) is 23.4 Å². The second kappa shape index (κ2) is 9.77. The van der Waals surface area contributed by atoms with Crippen molar-refractivity contribution in [3.05, 3.63) is 54.1 Å². The van der Waals surface area contributed by atoms with Crippen LogP contribution in [0.25, 0.3) is 0 Å². The highest BCUT2D eigenvalue weighted by Gasteiger charge is 2.36. The van der Waals surface area contributed by atoms with Crippen LogP contribution in [-0.4, -0.2) is 24.7 Å². The van der Waals surface area contributed by atoms with Crippen LogP contribution in [0.5, 0.6) is 5.75 Å². The lowest BCUT2D eigenvalue weighted by Crippen LogP contribution is -2.29. The molecule has 1 saturated heterocycles. The van der Waals surface area contributed by atoms with Crippen molar-refractivity contribution in [3.63, 3.8) is 0 Å². The summed E-state index contributed by atoms with van der Waals surface area (Å²) in [6.45, 7) is 8.69. The number of thioether (sulfide) groups is 1. The van der Waals surface area contributed by atoms with E-state index in [1.165, 1.54) is 0 Å². The van der Waals surface area contributed by atoms with Gasteiger partial charge >= 0.3 is 0 Å². The SMILES string of the molecule is COc1ccccc1N1C(=O)CS[C@H]1c1ccccc1NC(=O)C[C@H](C)CC(C)(C)C. The summed E-state index contributed by atoms with van der Waals surface area (Å²) in [5.74, 6) is 1.36. The van der Waals surface area contributed by atoms with Gasteiger partial charge in [-0.25, -0.2) is 0 Å². The molecule has 0 spiro atoms. The van der Waals surface area contributed by atoms with Crippen LogP contribution >= 0.6 is 11.8 Å². The van der Waals surface area contributed by atoms with Crippen LogP contribution in [0.15, 0.2) is 48.5 Å². The molecule has 1 aliphatic rings. The van der Waals surface area contributed by atoms with E-state index in [1.54, 1.807) is 23.8 Å². The topological polar surface area (TPSA) is 58.6 Å². The quantitative estimate of drug-likeness (QED) is 0.584. The lowest BCUT2D eigenvalue weighted by Gasteiger charge is -2.27. The van der Waals surface area contributed by atoms with E-state index in [-0.39, 0.29) is 22.6 Å². The number of methoxy groups -OCH3 is 1. The van der Waals surface area contributed by atoms with Crippen LogP contribution in [0.4, 0.5) is 11.4 Å². The maximum absolute atomic E-state index is 12.8. The van der Waals surface area contributed by atoms with Crippen molar-refractivity contribution in [3.8, 4) is 5.75 Å². The molecule has 1 N–H and O–H groups in total. The predicted octanol–water partition coefficient (Wildman–Crippen LogP) is 5.87. The van der Waals surface area contributed by atoms with Gasteiger partial charge in [-0.3, -0.25) is 14.5 Å². The van der Waals surface area contributed by atoms with Gasteiger partial charge in [-0.2, -0.15) is 0 Å². The Bertz CT molecular complexity index is 938. The van der Waals surface area contributed by atoms with Gasteiger partial charge in [0, 0.05) is 17.7 Å². The third-order valence-electron chi connectivity index (χ3n) is 5.21. The molecule has 5 nitrogen and oxygen atoms in total. The van der Waals surface area contributed by atoms with Gasteiger partial charge in [0.2, 0.25) is 11.8 Å². The molecule has 6 heteroatoms. The van der Waals surface area contributed by atoms with Gasteiger partial charge in [0.15, 0.2) is 0 Å². The maximum Gasteiger partial charge on any atom is 0.238 e. The van der Waals surface area contributed by atoms with E-state index in [1.807, 2.05) is 48.5 Å². The molecule has 0 saturated carbocycles. The molecule has 0 aromatic heterocycles. The minimum atomic E-state index is -0.229. The lowest BCUT2D eigenvalue weighted by atomic mass is 9.84. The summed E-state index contributed by atoms with van der Waals surface area (Å²) in [6, 6.07) is 15.3. The molecular formula is C25H32N2O3S. The standard InChI is InChI=1S/C25H32N2O3S/c1-17(15-25(2,3)4)14-22(28)26-19-11-7-6-10-18(19)24-27(23(29)16-31-24)20-12-8-9-13-21(20)30-5/h6-13,17,24H,14-16H2,1-5H3,(H,26,28)/t17-,24-/m0/s1. The molecular weight excluding hydrogens is 408 g/mol. The second-order valence-electron chi connectivity index (χ2n) is 9.31. The monoisotopic (exact) mass is 440 g/mol. The first kappa shape index (κ1) is 23.2. The molecule has 2 aromatic carbocycles. The molecule has 3 rings (SSSR count). The Morgan fingerprint density at radius 2 is 1.87 bits per heavy atom. The van der Waals surface area contributed by atoms with E-state index >= 15 is 0 Å². The molecule has 166 valence electrons. The van der Waals surface area contributed by atoms with Crippen molar-refractivity contribution in [2.45, 2.75) is 45.9 Å². The number of nitrogens with zero attached hydrogens (tertiary/aromatic N) is 1. The first-order valence-corrected chi connectivity index (χ1v) is 11.7. The highest BCUT2D eigenvalue weighted by molar-refractivity contribution is 8.00. The Morgan fingerprint density at radius 1 is 1.19 bits per heavy atom. The summed E-state index contributed by atoms with van der Waals surface area (Å²) in [5.41, 5.74) is 2.60. The van der Waals surface area contributed by atoms with Crippen LogP contribution in [0.3, 0.4) is 0 Å². The third-order valence-corrected chi connectivity index (χ3v) is 6.40. The highest BCUT2D eigenvalue weighted by atomic mass is 32.2. The molecule has 2 atom stereocenters. The number of amides is 2. The number of hydrogen-bond donors (Lipinski definition) is 1. The Kier molecular flexibility index (Phi) is 7.31. The molecule has 31 heavy (non-hydrogen) atoms. The molecule has 0 aliphatic carbocycles. The summed E-state index contributed by atoms with van der Waals surface area (Å²) < 4.78 is 5.50. The van der Waals surface area contributed by atoms with Crippen molar-refractivity contribution in [2.24, 2.45) is 11.3 Å². The summed E-state index contributed by atoms with van der Waals surface area (Å²) in [4.78, 5) is 27.3. The Labute approximate surface area is 189 Å². The number of carbonyl (C=O) groups is 2. The zero-order valence-electron chi connectivity index (χ0n) is 19.0. The number of carbonyl (C=O) groups excluding carboxylic acids is 2. The van der Waals surface area contributed by atoms with Gasteiger partial charge < -0.3 is 10.1 Å². The minimum Gasteiger partial charge on any atom is -0.495 e. The number of rotatable bonds is 7. The Hall–Kier alpha value is -2.47. The average Bonchev–Trinajstić information content (AvgIpc) is 3.07. The van der Waals surface area contributed by atoms with Gasteiger partial charge in [0.05, 0.1) is 18.6 Å². The van der Waals surface area contributed by atoms with Crippen LogP contribution < -0.4 is 15.0 Å². The highest BCUT2D eigenvalue weighted by Crippen LogP contribution is 2.46. The number of nitrogens with one attached hydrogen (secondary N) is 1. The summed E-state index contributed by atoms with van der Waals surface area (Å²) >= 11 is 1.56. The van der Waals surface area contributed by atoms with E-state index in [0.29, 0.717) is 23.8 Å². The predicted molar refractivity (Wildman–Crippen MR) is 129 cm³/mol. The second-order valence-corrected chi connectivity index (χ2v) is 10.4. The van der Waals surface area contributed by atoms with Gasteiger partial charge in [-0.15, -0.1) is 11.8 Å². The van der Waals surface area contributed by atoms with Crippen molar-refractivity contribution in [2.75, 3.05) is 23.1 Å². The molecule has 0 bridgehead atoms. The van der Waals surface area contributed by atoms with Crippen LogP contribution in [0.2, 0.25) is 0 Å². The van der Waals surface area contributed by atoms with Crippen molar-refractivity contribution in [1.82, 2.24) is 0 Å². The maximum atomic E-state index is 12.8. The van der Waals surface area contributed by atoms with Gasteiger partial charge in [0.1, 0.15) is 11.1 Å². The fraction of sp³-hybridized carbons (Fsp3) is 0.440. The first-order valence-electron chi connectivity index (χ1n) is 10.6. The third kappa shape index (κ3) is 5.82. The molecule has 2 amide bonds. The van der Waals surface area contributed by atoms with Gasteiger partial charge in [-0.05, 0) is 36.0 Å². The van der Waals surface area contributed by atoms with E-state index in [9.17, 15) is 9.59 Å². The summed E-state index contributed by atoms with van der Waals surface area (Å²) in [6.07, 6.45) is 1.45. The molecule has 0 unspecified atom stereocenters. The molecule has 1 heterocycles. The zero-order chi connectivity index (χ0) is 22.6. The fourth-order valence-corrected chi connectivity index (χ4v) is 5.41. The van der Waals surface area contributed by atoms with Crippen LogP contribution in [0, 0.1) is 11.3 Å². The number of para-hydroxylation sites is 3. The normalized spacial score (nSPS) is 17.5. The number of anilines is 2. The summed E-state index contributed by atoms with van der Waals surface area (Å²) in [7, 11) is 1.61. The zero-order valence-corrected chi connectivity index (χ0v) is 19.8. The smallest absolute Gasteiger partial charge is 0.238 e. The number of ether oxygens (including phenoxy) is 1. The van der Waals surface area contributed by atoms with E-state index in [4.69, 9.17) is 4.74 Å². The minimum absolute atomic E-state index is 0.00219. The van der Waals surface area contributed by atoms with Crippen LogP contribution in [-0.2, 0) is 9.59 Å². The lowest BCUT2D eigenvalue weighted by molar-refractivity contribution is -0.117. The van der Waals surface area contributed by atoms with Crippen molar-refractivity contribution < 1.29 is 14.3 Å². The largest absolute Gasteiger partial charge is 0.495 e. The Morgan fingerprint density at radius 3 is 2.58 bits per heavy atom. The van der Waals surface area contributed by atoms with Crippen LogP contribution in [0.1, 0.15) is 51.5 Å². The Balaban J connectivity index is 1.83. The van der Waals surface area contributed by atoms with E-state index in [2.05, 4.69) is 33.0 Å². The fourth-order valence-electron chi connectivity index (χ4n) is 4.20. The molecule has 2 aromatic rings. The van der Waals surface area contributed by atoms with Crippen molar-refractivity contribution >= 4 is 35.0 Å². The summed E-state index contributed by atoms with van der Waals surface area (Å²) in [5, 5.41) is 2.87. The van der Waals surface area contributed by atoms with Gasteiger partial charge in [0.25, 0.3) is 0 Å². The first-order chi connectivity index (χ1) is 14.7. The molecule has 0 radical (unpaired) electrons. The average molecular weight is 441 g/mol. The molecule has 1 fully saturated rings. The molecule has 1 aliphatic heterocycles.